The average Bonchev–Trinajstić information content (AvgIpc) is 2.48. The lowest BCUT2D eigenvalue weighted by atomic mass is 10.1. The number of hydrogen-bond acceptors (Lipinski definition) is 4. The van der Waals surface area contributed by atoms with Crippen molar-refractivity contribution in [2.24, 2.45) is 5.10 Å². The molecule has 21 heavy (non-hydrogen) atoms. The molecule has 0 bridgehead atoms. The number of carbonyl (C=O) groups is 1. The van der Waals surface area contributed by atoms with Crippen LogP contribution in [0.2, 0.25) is 0 Å². The largest absolute Gasteiger partial charge is 0.287 e. The molecular weight excluding hydrogens is 288 g/mol. The molecule has 0 aliphatic carbocycles. The second kappa shape index (κ2) is 6.32. The van der Waals surface area contributed by atoms with Crippen molar-refractivity contribution in [2.45, 2.75) is 11.8 Å². The summed E-state index contributed by atoms with van der Waals surface area (Å²) in [5.41, 5.74) is 1.40. The van der Waals surface area contributed by atoms with E-state index in [1.54, 1.807) is 42.5 Å². The van der Waals surface area contributed by atoms with E-state index in [1.165, 1.54) is 12.1 Å². The number of hydrazone groups is 1. The molecule has 0 radical (unpaired) electrons. The van der Waals surface area contributed by atoms with Crippen LogP contribution in [-0.4, -0.2) is 20.4 Å². The monoisotopic (exact) mass is 302 g/mol. The lowest BCUT2D eigenvalue weighted by Crippen LogP contribution is -2.19. The Bertz CT molecular complexity index is 751. The molecule has 2 aromatic carbocycles. The molecule has 0 spiro atoms. The Labute approximate surface area is 123 Å². The number of rotatable bonds is 5. The van der Waals surface area contributed by atoms with Crippen LogP contribution < -0.4 is 4.83 Å². The predicted molar refractivity (Wildman–Crippen MR) is 80.8 cm³/mol. The van der Waals surface area contributed by atoms with Gasteiger partial charge in [0, 0.05) is 5.56 Å². The molecular formula is C15H14N2O3S. The molecule has 108 valence electrons. The summed E-state index contributed by atoms with van der Waals surface area (Å²) in [6.07, 6.45) is 0.946. The zero-order valence-corrected chi connectivity index (χ0v) is 12.2. The summed E-state index contributed by atoms with van der Waals surface area (Å²) in [6, 6.07) is 14.8. The van der Waals surface area contributed by atoms with Gasteiger partial charge in [0.05, 0.1) is 11.1 Å². The third kappa shape index (κ3) is 4.00. The lowest BCUT2D eigenvalue weighted by Gasteiger charge is -2.03. The van der Waals surface area contributed by atoms with Crippen molar-refractivity contribution in [1.29, 1.82) is 0 Å². The number of ketones is 1. The van der Waals surface area contributed by atoms with Gasteiger partial charge < -0.3 is 0 Å². The Morgan fingerprint density at radius 2 is 1.67 bits per heavy atom. The molecule has 0 fully saturated rings. The fourth-order valence-electron chi connectivity index (χ4n) is 1.60. The van der Waals surface area contributed by atoms with Gasteiger partial charge in [-0.05, 0) is 19.1 Å². The summed E-state index contributed by atoms with van der Waals surface area (Å²) < 4.78 is 23.9. The van der Waals surface area contributed by atoms with Gasteiger partial charge in [-0.3, -0.25) is 4.79 Å². The predicted octanol–water partition coefficient (Wildman–Crippen LogP) is 2.14. The van der Waals surface area contributed by atoms with Crippen LogP contribution in [0.25, 0.3) is 0 Å². The highest BCUT2D eigenvalue weighted by Crippen LogP contribution is 2.09. The fourth-order valence-corrected chi connectivity index (χ4v) is 2.39. The minimum absolute atomic E-state index is 0.0948. The molecule has 0 saturated heterocycles. The summed E-state index contributed by atoms with van der Waals surface area (Å²) in [4.78, 5) is 13.8. The van der Waals surface area contributed by atoms with E-state index in [0.29, 0.717) is 5.56 Å². The number of sulfonamides is 1. The highest BCUT2D eigenvalue weighted by atomic mass is 32.2. The molecule has 2 aromatic rings. The van der Waals surface area contributed by atoms with Crippen molar-refractivity contribution in [1.82, 2.24) is 4.83 Å². The van der Waals surface area contributed by atoms with Crippen LogP contribution in [-0.2, 0) is 10.0 Å². The van der Waals surface area contributed by atoms with Crippen LogP contribution >= 0.6 is 0 Å². The molecule has 0 amide bonds. The topological polar surface area (TPSA) is 75.6 Å². The molecule has 1 N–H and O–H groups in total. The van der Waals surface area contributed by atoms with Gasteiger partial charge in [0.15, 0.2) is 0 Å². The maximum Gasteiger partial charge on any atom is 0.276 e. The van der Waals surface area contributed by atoms with E-state index in [-0.39, 0.29) is 10.7 Å². The van der Waals surface area contributed by atoms with Crippen molar-refractivity contribution in [2.75, 3.05) is 0 Å². The van der Waals surface area contributed by atoms with Gasteiger partial charge in [-0.25, -0.2) is 0 Å². The van der Waals surface area contributed by atoms with E-state index in [2.05, 4.69) is 5.10 Å². The normalized spacial score (nSPS) is 11.5. The van der Waals surface area contributed by atoms with E-state index in [4.69, 9.17) is 0 Å². The number of nitrogens with one attached hydrogen (secondary N) is 1. The highest BCUT2D eigenvalue weighted by Gasteiger charge is 2.12. The first-order chi connectivity index (χ1) is 9.99. The van der Waals surface area contributed by atoms with Crippen LogP contribution in [0.5, 0.6) is 0 Å². The third-order valence-electron chi connectivity index (χ3n) is 2.74. The van der Waals surface area contributed by atoms with E-state index < -0.39 is 10.0 Å². The number of carbonyl (C=O) groups excluding carboxylic acids is 1. The molecule has 5 nitrogen and oxygen atoms in total. The second-order valence-corrected chi connectivity index (χ2v) is 6.06. The molecule has 0 heterocycles. The number of hydrogen-bond donors (Lipinski definition) is 1. The Morgan fingerprint density at radius 3 is 2.29 bits per heavy atom. The number of aryl methyl sites for hydroxylation is 1. The number of benzene rings is 2. The van der Waals surface area contributed by atoms with E-state index in [1.807, 2.05) is 11.8 Å². The Balaban J connectivity index is 2.06. The maximum atomic E-state index is 11.9. The summed E-state index contributed by atoms with van der Waals surface area (Å²) in [5, 5.41) is 3.51. The first-order valence-corrected chi connectivity index (χ1v) is 7.68. The van der Waals surface area contributed by atoms with Crippen molar-refractivity contribution in [3.8, 4) is 0 Å². The summed E-state index contributed by atoms with van der Waals surface area (Å²) in [5.74, 6) is -0.373. The highest BCUT2D eigenvalue weighted by molar-refractivity contribution is 7.89. The lowest BCUT2D eigenvalue weighted by molar-refractivity contribution is 0.107. The van der Waals surface area contributed by atoms with Gasteiger partial charge in [-0.2, -0.15) is 18.4 Å². The summed E-state index contributed by atoms with van der Waals surface area (Å²) in [7, 11) is -3.76. The van der Waals surface area contributed by atoms with Crippen LogP contribution in [0.3, 0.4) is 0 Å². The van der Waals surface area contributed by atoms with Crippen molar-refractivity contribution in [3.05, 3.63) is 65.7 Å². The minimum Gasteiger partial charge on any atom is -0.287 e. The maximum absolute atomic E-state index is 11.9. The SMILES string of the molecule is Cc1ccc(S(=O)(=O)N/N=C/C(=O)c2ccccc2)cc1. The third-order valence-corrected chi connectivity index (χ3v) is 3.98. The van der Waals surface area contributed by atoms with Gasteiger partial charge in [-0.15, -0.1) is 0 Å². The molecule has 0 unspecified atom stereocenters. The van der Waals surface area contributed by atoms with Crippen LogP contribution in [0, 0.1) is 6.92 Å². The first kappa shape index (κ1) is 14.9. The van der Waals surface area contributed by atoms with Crippen LogP contribution in [0.15, 0.2) is 64.6 Å². The zero-order chi connectivity index (χ0) is 15.3. The first-order valence-electron chi connectivity index (χ1n) is 6.20. The number of Topliss-reactive ketones (excluding diaryl/α,β-unsaturated/α-hetero) is 1. The molecule has 0 aromatic heterocycles. The summed E-state index contributed by atoms with van der Waals surface area (Å²) >= 11 is 0. The molecule has 2 rings (SSSR count). The van der Waals surface area contributed by atoms with E-state index in [9.17, 15) is 13.2 Å². The van der Waals surface area contributed by atoms with E-state index >= 15 is 0 Å². The molecule has 0 saturated carbocycles. The van der Waals surface area contributed by atoms with Gasteiger partial charge in [0.25, 0.3) is 10.0 Å². The Morgan fingerprint density at radius 1 is 1.05 bits per heavy atom. The average molecular weight is 302 g/mol. The zero-order valence-electron chi connectivity index (χ0n) is 11.4. The molecule has 0 atom stereocenters. The summed E-state index contributed by atoms with van der Waals surface area (Å²) in [6.45, 7) is 1.86. The standard InChI is InChI=1S/C15H14N2O3S/c1-12-7-9-14(10-8-12)21(19,20)17-16-11-15(18)13-5-3-2-4-6-13/h2-11,17H,1H3/b16-11+. The van der Waals surface area contributed by atoms with Crippen LogP contribution in [0.1, 0.15) is 15.9 Å². The van der Waals surface area contributed by atoms with Crippen molar-refractivity contribution >= 4 is 22.0 Å². The van der Waals surface area contributed by atoms with Gasteiger partial charge in [-0.1, -0.05) is 48.0 Å². The van der Waals surface area contributed by atoms with Gasteiger partial charge >= 0.3 is 0 Å². The quantitative estimate of drug-likeness (QED) is 0.522. The number of nitrogens with zero attached hydrogens (tertiary/aromatic N) is 1. The fraction of sp³-hybridized carbons (Fsp3) is 0.0667. The molecule has 0 aliphatic heterocycles. The van der Waals surface area contributed by atoms with E-state index in [0.717, 1.165) is 11.8 Å². The van der Waals surface area contributed by atoms with Gasteiger partial charge in [0.2, 0.25) is 5.78 Å². The second-order valence-electron chi connectivity index (χ2n) is 4.40. The van der Waals surface area contributed by atoms with Crippen molar-refractivity contribution < 1.29 is 13.2 Å². The smallest absolute Gasteiger partial charge is 0.276 e. The van der Waals surface area contributed by atoms with Crippen molar-refractivity contribution in [3.63, 3.8) is 0 Å². The van der Waals surface area contributed by atoms with Gasteiger partial charge in [0.1, 0.15) is 0 Å². The molecule has 0 aliphatic rings. The van der Waals surface area contributed by atoms with Crippen LogP contribution in [0.4, 0.5) is 0 Å². The Hall–Kier alpha value is -2.47. The molecule has 6 heteroatoms. The minimum atomic E-state index is -3.76. The Kier molecular flexibility index (Phi) is 4.49.